The van der Waals surface area contributed by atoms with E-state index in [1.807, 2.05) is 30.3 Å². The van der Waals surface area contributed by atoms with Gasteiger partial charge >= 0.3 is 11.6 Å². The van der Waals surface area contributed by atoms with Crippen LogP contribution in [0.1, 0.15) is 112 Å². The largest absolute Gasteiger partial charge is 0.482 e. The molecule has 48 heavy (non-hydrogen) atoms. The van der Waals surface area contributed by atoms with Gasteiger partial charge in [0.25, 0.3) is 0 Å². The molecule has 3 fully saturated rings. The Kier molecular flexibility index (Phi) is 9.28. The lowest BCUT2D eigenvalue weighted by atomic mass is 9.44. The van der Waals surface area contributed by atoms with Crippen molar-refractivity contribution in [3.63, 3.8) is 0 Å². The highest BCUT2D eigenvalue weighted by Gasteiger charge is 2.56. The molecule has 0 radical (unpaired) electrons. The van der Waals surface area contributed by atoms with Gasteiger partial charge in [0.05, 0.1) is 5.39 Å². The van der Waals surface area contributed by atoms with E-state index in [0.717, 1.165) is 65.5 Å². The van der Waals surface area contributed by atoms with Gasteiger partial charge < -0.3 is 13.9 Å². The lowest BCUT2D eigenvalue weighted by Gasteiger charge is -2.61. The number of rotatable bonds is 9. The third-order valence-corrected chi connectivity index (χ3v) is 13.6. The van der Waals surface area contributed by atoms with Gasteiger partial charge in [0.15, 0.2) is 6.61 Å². The first-order chi connectivity index (χ1) is 23.0. The third kappa shape index (κ3) is 6.36. The zero-order valence-corrected chi connectivity index (χ0v) is 29.9. The van der Waals surface area contributed by atoms with Crippen LogP contribution < -0.4 is 10.4 Å². The van der Waals surface area contributed by atoms with Crippen molar-refractivity contribution in [1.82, 2.24) is 0 Å². The Bertz CT molecular complexity index is 1730. The maximum Gasteiger partial charge on any atom is 0.344 e. The molecule has 8 atom stereocenters. The topological polar surface area (TPSA) is 65.7 Å². The normalized spacial score (nSPS) is 32.2. The van der Waals surface area contributed by atoms with Crippen LogP contribution in [0.4, 0.5) is 0 Å². The zero-order valence-electron chi connectivity index (χ0n) is 29.9. The van der Waals surface area contributed by atoms with Crippen LogP contribution in [0.2, 0.25) is 0 Å². The van der Waals surface area contributed by atoms with Gasteiger partial charge in [-0.15, -0.1) is 0 Å². The molecule has 1 aromatic heterocycles. The first-order valence-corrected chi connectivity index (χ1v) is 19.0. The Labute approximate surface area is 286 Å². The quantitative estimate of drug-likeness (QED) is 0.0996. The molecule has 0 spiro atoms. The van der Waals surface area contributed by atoms with E-state index in [0.29, 0.717) is 22.1 Å². The highest BCUT2D eigenvalue weighted by Crippen LogP contribution is 2.65. The van der Waals surface area contributed by atoms with Crippen molar-refractivity contribution in [2.45, 2.75) is 118 Å². The molecule has 0 bridgehead atoms. The Balaban J connectivity index is 0.947. The second-order valence-electron chi connectivity index (χ2n) is 17.0. The van der Waals surface area contributed by atoms with Crippen molar-refractivity contribution >= 4 is 27.7 Å². The number of allylic oxidation sites excluding steroid dienone is 1. The second kappa shape index (κ2) is 13.3. The molecule has 2 aromatic carbocycles. The van der Waals surface area contributed by atoms with E-state index in [1.54, 1.807) is 12.1 Å². The number of fused-ring (bicyclic) bond motifs is 8. The fourth-order valence-electron chi connectivity index (χ4n) is 10.9. The summed E-state index contributed by atoms with van der Waals surface area (Å²) in [4.78, 5) is 25.4. The molecule has 0 amide bonds. The van der Waals surface area contributed by atoms with E-state index < -0.39 is 0 Å². The third-order valence-electron chi connectivity index (χ3n) is 13.6. The summed E-state index contributed by atoms with van der Waals surface area (Å²) in [5.74, 6) is 5.10. The maximum absolute atomic E-state index is 13.0. The van der Waals surface area contributed by atoms with E-state index >= 15 is 0 Å². The molecule has 0 unspecified atom stereocenters. The minimum Gasteiger partial charge on any atom is -0.482 e. The van der Waals surface area contributed by atoms with Crippen LogP contribution in [-0.4, -0.2) is 18.7 Å². The minimum atomic E-state index is -0.380. The number of hydrogen-bond acceptors (Lipinski definition) is 5. The van der Waals surface area contributed by atoms with Gasteiger partial charge in [-0.1, -0.05) is 83.7 Å². The number of hydrogen-bond donors (Lipinski definition) is 0. The van der Waals surface area contributed by atoms with E-state index in [1.165, 1.54) is 63.4 Å². The van der Waals surface area contributed by atoms with Gasteiger partial charge in [0, 0.05) is 17.9 Å². The van der Waals surface area contributed by atoms with Crippen LogP contribution >= 0.6 is 0 Å². The van der Waals surface area contributed by atoms with Gasteiger partial charge in [-0.2, -0.15) is 0 Å². The average molecular weight is 653 g/mol. The Morgan fingerprint density at radius 1 is 0.938 bits per heavy atom. The molecule has 0 saturated heterocycles. The van der Waals surface area contributed by atoms with Crippen LogP contribution in [-0.2, 0) is 9.53 Å². The van der Waals surface area contributed by atoms with E-state index in [2.05, 4.69) is 40.7 Å². The summed E-state index contributed by atoms with van der Waals surface area (Å²) < 4.78 is 17.4. The minimum absolute atomic E-state index is 0.0977. The van der Waals surface area contributed by atoms with Crippen LogP contribution in [0.25, 0.3) is 21.7 Å². The molecule has 258 valence electrons. The highest BCUT2D eigenvalue weighted by molar-refractivity contribution is 6.04. The van der Waals surface area contributed by atoms with Crippen molar-refractivity contribution in [2.75, 3.05) is 6.61 Å². The summed E-state index contributed by atoms with van der Waals surface area (Å²) in [6.45, 7) is 12.3. The molecular weight excluding hydrogens is 596 g/mol. The summed E-state index contributed by atoms with van der Waals surface area (Å²) >= 11 is 0. The molecule has 7 rings (SSSR count). The van der Waals surface area contributed by atoms with Crippen molar-refractivity contribution in [2.24, 2.45) is 46.3 Å². The van der Waals surface area contributed by atoms with Gasteiger partial charge in [-0.25, -0.2) is 9.59 Å². The van der Waals surface area contributed by atoms with E-state index in [-0.39, 0.29) is 29.7 Å². The summed E-state index contributed by atoms with van der Waals surface area (Å²) in [6.07, 6.45) is 17.7. The maximum atomic E-state index is 13.0. The fraction of sp³-hybridized carbons (Fsp3) is 0.628. The Morgan fingerprint density at radius 3 is 2.56 bits per heavy atom. The Hall–Kier alpha value is -3.08. The van der Waals surface area contributed by atoms with E-state index in [4.69, 9.17) is 13.9 Å². The zero-order chi connectivity index (χ0) is 33.6. The van der Waals surface area contributed by atoms with E-state index in [9.17, 15) is 9.59 Å². The van der Waals surface area contributed by atoms with Crippen LogP contribution in [0.5, 0.6) is 5.75 Å². The molecule has 5 nitrogen and oxygen atoms in total. The average Bonchev–Trinajstić information content (AvgIpc) is 3.06. The SMILES string of the molecule is CC(C)CCC[C@H](C)[C@H]1CC[C@H]2[C@H]3CC=C4C[C@H](OC(=O)COc5ccc6c(c5)oc(=O)c5ccccc56)CC[C@]4(C)[C@@H]3CC[C@]2(C)C1. The molecular formula is C43H56O5. The molecule has 4 aliphatic rings. The molecule has 0 N–H and O–H groups in total. The summed E-state index contributed by atoms with van der Waals surface area (Å²) in [7, 11) is 0. The van der Waals surface area contributed by atoms with Crippen molar-refractivity contribution in [3.8, 4) is 5.75 Å². The number of carbonyl (C=O) groups excluding carboxylic acids is 1. The predicted octanol–water partition coefficient (Wildman–Crippen LogP) is 10.7. The first-order valence-electron chi connectivity index (χ1n) is 19.0. The van der Waals surface area contributed by atoms with Gasteiger partial charge in [-0.05, 0) is 121 Å². The lowest BCUT2D eigenvalue weighted by Crippen LogP contribution is -2.52. The monoisotopic (exact) mass is 652 g/mol. The summed E-state index contributed by atoms with van der Waals surface area (Å²) in [6, 6.07) is 12.8. The predicted molar refractivity (Wildman–Crippen MR) is 193 cm³/mol. The number of esters is 1. The highest BCUT2D eigenvalue weighted by atomic mass is 16.6. The smallest absolute Gasteiger partial charge is 0.344 e. The molecule has 3 aromatic rings. The molecule has 0 aliphatic heterocycles. The molecule has 5 heteroatoms. The van der Waals surface area contributed by atoms with Crippen molar-refractivity contribution in [3.05, 3.63) is 64.5 Å². The van der Waals surface area contributed by atoms with Gasteiger partial charge in [0.2, 0.25) is 0 Å². The van der Waals surface area contributed by atoms with Crippen molar-refractivity contribution < 1.29 is 18.7 Å². The van der Waals surface area contributed by atoms with Crippen LogP contribution in [0, 0.1) is 46.3 Å². The first kappa shape index (κ1) is 33.4. The number of carbonyl (C=O) groups is 1. The number of ether oxygens (including phenoxy) is 2. The molecule has 3 saturated carbocycles. The summed E-state index contributed by atoms with van der Waals surface area (Å²) in [5, 5.41) is 2.23. The second-order valence-corrected chi connectivity index (χ2v) is 17.0. The standard InChI is InChI=1S/C43H56O5/c1-27(2)9-8-10-28(3)29-13-18-37-36-16-14-30-23-32(19-22-43(30,5)38(36)20-21-42(37,4)25-29)47-40(44)26-46-31-15-17-34-33-11-6-7-12-35(33)41(45)48-39(34)24-31/h6-7,11-12,14-15,17,24,27-29,32,36-38H,8-10,13,16,18-23,25-26H2,1-5H3/t28-,29-,32+,36+,37-,38+,42+,43-/m0/s1. The lowest BCUT2D eigenvalue weighted by molar-refractivity contribution is -0.154. The van der Waals surface area contributed by atoms with Crippen LogP contribution in [0.3, 0.4) is 0 Å². The van der Waals surface area contributed by atoms with Gasteiger partial charge in [0.1, 0.15) is 17.4 Å². The molecule has 4 aliphatic carbocycles. The molecule has 1 heterocycles. The Morgan fingerprint density at radius 2 is 1.75 bits per heavy atom. The van der Waals surface area contributed by atoms with Crippen molar-refractivity contribution in [1.29, 1.82) is 0 Å². The fourth-order valence-corrected chi connectivity index (χ4v) is 10.9. The summed E-state index contributed by atoms with van der Waals surface area (Å²) in [5.41, 5.74) is 2.32. The van der Waals surface area contributed by atoms with Gasteiger partial charge in [-0.3, -0.25) is 0 Å². The number of benzene rings is 2. The van der Waals surface area contributed by atoms with Crippen LogP contribution in [0.15, 0.2) is 63.3 Å².